The van der Waals surface area contributed by atoms with Crippen LogP contribution in [0.25, 0.3) is 0 Å². The van der Waals surface area contributed by atoms with Crippen molar-refractivity contribution in [3.8, 4) is 0 Å². The molecule has 0 bridgehead atoms. The van der Waals surface area contributed by atoms with Crippen molar-refractivity contribution in [3.05, 3.63) is 23.4 Å². The van der Waals surface area contributed by atoms with Crippen LogP contribution in [0.4, 0.5) is 10.6 Å². The number of amides is 3. The second-order valence-electron chi connectivity index (χ2n) is 5.19. The third-order valence-electron chi connectivity index (χ3n) is 3.66. The lowest BCUT2D eigenvalue weighted by Crippen LogP contribution is -2.43. The molecule has 3 amide bonds. The smallest absolute Gasteiger partial charge is 0.325 e. The first-order valence-corrected chi connectivity index (χ1v) is 7.34. The highest BCUT2D eigenvalue weighted by Crippen LogP contribution is 2.21. The number of pyridine rings is 1. The van der Waals surface area contributed by atoms with E-state index in [1.807, 2.05) is 6.92 Å². The molecule has 2 N–H and O–H groups in total. The van der Waals surface area contributed by atoms with Gasteiger partial charge in [-0.25, -0.2) is 9.78 Å². The molecule has 2 rings (SSSR count). The maximum atomic E-state index is 12.2. The Morgan fingerprint density at radius 2 is 2.24 bits per heavy atom. The normalized spacial score (nSPS) is 21.6. The van der Waals surface area contributed by atoms with E-state index >= 15 is 0 Å². The Bertz CT molecular complexity index is 552. The molecule has 1 fully saturated rings. The summed E-state index contributed by atoms with van der Waals surface area (Å²) in [5, 5.41) is 6.37. The van der Waals surface area contributed by atoms with Gasteiger partial charge in [0.2, 0.25) is 0 Å². The van der Waals surface area contributed by atoms with Crippen LogP contribution in [0.15, 0.2) is 18.3 Å². The fraction of sp³-hybridized carbons (Fsp3) is 0.500. The topological polar surface area (TPSA) is 74.3 Å². The summed E-state index contributed by atoms with van der Waals surface area (Å²) in [7, 11) is 0. The van der Waals surface area contributed by atoms with E-state index in [4.69, 9.17) is 11.6 Å². The minimum absolute atomic E-state index is 0.161. The van der Waals surface area contributed by atoms with Gasteiger partial charge in [-0.15, -0.1) is 0 Å². The van der Waals surface area contributed by atoms with Crippen LogP contribution < -0.4 is 10.6 Å². The van der Waals surface area contributed by atoms with Crippen molar-refractivity contribution in [1.82, 2.24) is 15.2 Å². The van der Waals surface area contributed by atoms with Gasteiger partial charge in [0, 0.05) is 19.3 Å². The number of aromatic nitrogens is 1. The van der Waals surface area contributed by atoms with Gasteiger partial charge in [0.15, 0.2) is 0 Å². The van der Waals surface area contributed by atoms with E-state index in [-0.39, 0.29) is 11.9 Å². The van der Waals surface area contributed by atoms with E-state index < -0.39 is 5.54 Å². The molecule has 1 aliphatic rings. The van der Waals surface area contributed by atoms with Gasteiger partial charge in [-0.2, -0.15) is 0 Å². The summed E-state index contributed by atoms with van der Waals surface area (Å²) in [5.74, 6) is 0.445. The van der Waals surface area contributed by atoms with Gasteiger partial charge in [0.1, 0.15) is 11.4 Å². The highest BCUT2D eigenvalue weighted by Gasteiger charge is 2.45. The Hall–Kier alpha value is -1.82. The van der Waals surface area contributed by atoms with Gasteiger partial charge in [0.05, 0.1) is 5.02 Å². The zero-order chi connectivity index (χ0) is 15.5. The van der Waals surface area contributed by atoms with Gasteiger partial charge >= 0.3 is 6.03 Å². The van der Waals surface area contributed by atoms with Gasteiger partial charge in [0.25, 0.3) is 5.91 Å². The van der Waals surface area contributed by atoms with Crippen LogP contribution in [0.1, 0.15) is 26.7 Å². The number of hydrogen-bond donors (Lipinski definition) is 2. The number of halogens is 1. The lowest BCUT2D eigenvalue weighted by Gasteiger charge is -2.19. The maximum absolute atomic E-state index is 12.2. The molecule has 6 nitrogen and oxygen atoms in total. The molecule has 7 heteroatoms. The van der Waals surface area contributed by atoms with Crippen LogP contribution in [0.5, 0.6) is 0 Å². The van der Waals surface area contributed by atoms with Gasteiger partial charge in [-0.1, -0.05) is 18.5 Å². The number of nitrogens with one attached hydrogen (secondary N) is 2. The zero-order valence-corrected chi connectivity index (χ0v) is 12.9. The summed E-state index contributed by atoms with van der Waals surface area (Å²) < 4.78 is 0. The highest BCUT2D eigenvalue weighted by molar-refractivity contribution is 6.32. The fourth-order valence-corrected chi connectivity index (χ4v) is 2.34. The molecule has 0 unspecified atom stereocenters. The molecule has 1 aromatic heterocycles. The van der Waals surface area contributed by atoms with Crippen LogP contribution in [-0.4, -0.2) is 40.5 Å². The number of rotatable bonds is 6. The Morgan fingerprint density at radius 1 is 1.48 bits per heavy atom. The number of anilines is 1. The first-order valence-electron chi connectivity index (χ1n) is 6.96. The third kappa shape index (κ3) is 3.26. The SMILES string of the molecule is CC[C@@]1(C)NC(=O)N(CCCNc2ncccc2Cl)C1=O. The molecule has 1 saturated heterocycles. The van der Waals surface area contributed by atoms with E-state index in [2.05, 4.69) is 15.6 Å². The van der Waals surface area contributed by atoms with Crippen molar-refractivity contribution in [2.75, 3.05) is 18.4 Å². The second kappa shape index (κ2) is 6.30. The minimum atomic E-state index is -0.769. The Morgan fingerprint density at radius 3 is 2.86 bits per heavy atom. The summed E-state index contributed by atoms with van der Waals surface area (Å²) in [4.78, 5) is 29.4. The first kappa shape index (κ1) is 15.6. The Labute approximate surface area is 128 Å². The molecule has 0 aromatic carbocycles. The van der Waals surface area contributed by atoms with E-state index in [9.17, 15) is 9.59 Å². The Balaban J connectivity index is 1.83. The quantitative estimate of drug-likeness (QED) is 0.624. The Kier molecular flexibility index (Phi) is 4.67. The third-order valence-corrected chi connectivity index (χ3v) is 3.97. The molecule has 114 valence electrons. The molecule has 0 saturated carbocycles. The molecular weight excluding hydrogens is 292 g/mol. The fourth-order valence-electron chi connectivity index (χ4n) is 2.15. The number of carbonyl (C=O) groups excluding carboxylic acids is 2. The second-order valence-corrected chi connectivity index (χ2v) is 5.59. The number of nitrogens with zero attached hydrogens (tertiary/aromatic N) is 2. The molecule has 21 heavy (non-hydrogen) atoms. The largest absolute Gasteiger partial charge is 0.369 e. The summed E-state index contributed by atoms with van der Waals surface area (Å²) in [6.45, 7) is 4.58. The first-order chi connectivity index (χ1) is 9.98. The summed E-state index contributed by atoms with van der Waals surface area (Å²) in [6, 6.07) is 3.19. The van der Waals surface area contributed by atoms with Gasteiger partial charge in [-0.05, 0) is 31.9 Å². The predicted molar refractivity (Wildman–Crippen MR) is 81.3 cm³/mol. The van der Waals surface area contributed by atoms with Crippen LogP contribution in [-0.2, 0) is 4.79 Å². The lowest BCUT2D eigenvalue weighted by atomic mass is 9.99. The highest BCUT2D eigenvalue weighted by atomic mass is 35.5. The number of hydrogen-bond acceptors (Lipinski definition) is 4. The lowest BCUT2D eigenvalue weighted by molar-refractivity contribution is -0.130. The van der Waals surface area contributed by atoms with E-state index in [1.165, 1.54) is 4.90 Å². The van der Waals surface area contributed by atoms with Crippen molar-refractivity contribution >= 4 is 29.4 Å². The monoisotopic (exact) mass is 310 g/mol. The average Bonchev–Trinajstić information content (AvgIpc) is 2.68. The van der Waals surface area contributed by atoms with Gasteiger partial charge in [-0.3, -0.25) is 9.69 Å². The van der Waals surface area contributed by atoms with Gasteiger partial charge < -0.3 is 10.6 Å². The average molecular weight is 311 g/mol. The standard InChI is InChI=1S/C14H19ClN4O2/c1-3-14(2)12(20)19(13(21)18-14)9-5-8-17-11-10(15)6-4-7-16-11/h4,6-7H,3,5,8-9H2,1-2H3,(H,16,17)(H,18,21)/t14-/m1/s1. The predicted octanol–water partition coefficient (Wildman–Crippen LogP) is 2.26. The van der Waals surface area contributed by atoms with Crippen molar-refractivity contribution in [1.29, 1.82) is 0 Å². The van der Waals surface area contributed by atoms with Crippen molar-refractivity contribution in [3.63, 3.8) is 0 Å². The van der Waals surface area contributed by atoms with Crippen molar-refractivity contribution in [2.45, 2.75) is 32.2 Å². The molecule has 1 aliphatic heterocycles. The maximum Gasteiger partial charge on any atom is 0.325 e. The van der Waals surface area contributed by atoms with Crippen LogP contribution in [0.3, 0.4) is 0 Å². The van der Waals surface area contributed by atoms with Crippen molar-refractivity contribution < 1.29 is 9.59 Å². The minimum Gasteiger partial charge on any atom is -0.369 e. The van der Waals surface area contributed by atoms with Crippen LogP contribution >= 0.6 is 11.6 Å². The molecular formula is C14H19ClN4O2. The summed E-state index contributed by atoms with van der Waals surface area (Å²) in [6.07, 6.45) is 2.86. The zero-order valence-electron chi connectivity index (χ0n) is 12.1. The van der Waals surface area contributed by atoms with E-state index in [1.54, 1.807) is 25.3 Å². The number of imide groups is 1. The van der Waals surface area contributed by atoms with E-state index in [0.717, 1.165) is 0 Å². The van der Waals surface area contributed by atoms with Crippen molar-refractivity contribution in [2.24, 2.45) is 0 Å². The number of urea groups is 1. The number of carbonyl (C=O) groups is 2. The molecule has 1 atom stereocenters. The molecule has 0 aliphatic carbocycles. The summed E-state index contributed by atoms with van der Waals surface area (Å²) >= 11 is 5.98. The van der Waals surface area contributed by atoms with Crippen LogP contribution in [0, 0.1) is 0 Å². The molecule has 1 aromatic rings. The molecule has 2 heterocycles. The molecule has 0 spiro atoms. The van der Waals surface area contributed by atoms with Crippen LogP contribution in [0.2, 0.25) is 5.02 Å². The van der Waals surface area contributed by atoms with E-state index in [0.29, 0.717) is 36.8 Å². The summed E-state index contributed by atoms with van der Waals surface area (Å²) in [5.41, 5.74) is -0.769. The molecule has 0 radical (unpaired) electrons.